The molecule has 1 heterocycles. The van der Waals surface area contributed by atoms with Crippen molar-refractivity contribution in [2.75, 3.05) is 6.54 Å². The number of aromatic amines is 1. The topological polar surface area (TPSA) is 112 Å². The SMILES string of the molecule is CCCC(CNS(=O)(=O)c1cnc[nH]1)C(=O)O. The molecule has 0 radical (unpaired) electrons. The fourth-order valence-electron chi connectivity index (χ4n) is 1.34. The lowest BCUT2D eigenvalue weighted by Gasteiger charge is -2.11. The van der Waals surface area contributed by atoms with Gasteiger partial charge in [-0.2, -0.15) is 0 Å². The van der Waals surface area contributed by atoms with Gasteiger partial charge in [-0.25, -0.2) is 18.1 Å². The quantitative estimate of drug-likeness (QED) is 0.648. The maximum absolute atomic E-state index is 11.6. The van der Waals surface area contributed by atoms with Gasteiger partial charge in [-0.1, -0.05) is 13.3 Å². The van der Waals surface area contributed by atoms with E-state index in [1.165, 1.54) is 6.33 Å². The minimum absolute atomic E-state index is 0.0712. The Balaban J connectivity index is 2.63. The molecule has 1 aromatic heterocycles. The van der Waals surface area contributed by atoms with Crippen molar-refractivity contribution in [2.24, 2.45) is 5.92 Å². The minimum atomic E-state index is -3.70. The van der Waals surface area contributed by atoms with E-state index < -0.39 is 21.9 Å². The van der Waals surface area contributed by atoms with E-state index in [0.717, 1.165) is 6.20 Å². The third-order valence-electron chi connectivity index (χ3n) is 2.27. The zero-order valence-corrected chi connectivity index (χ0v) is 10.2. The van der Waals surface area contributed by atoms with E-state index in [1.807, 2.05) is 6.92 Å². The predicted octanol–water partition coefficient (Wildman–Crippen LogP) is 0.189. The van der Waals surface area contributed by atoms with Crippen LogP contribution in [0.1, 0.15) is 19.8 Å². The summed E-state index contributed by atoms with van der Waals surface area (Å²) in [5, 5.41) is 8.81. The molecule has 0 saturated carbocycles. The van der Waals surface area contributed by atoms with Crippen LogP contribution in [0.4, 0.5) is 0 Å². The van der Waals surface area contributed by atoms with Crippen LogP contribution in [-0.4, -0.2) is 36.0 Å². The maximum Gasteiger partial charge on any atom is 0.307 e. The molecule has 0 aliphatic rings. The van der Waals surface area contributed by atoms with Crippen molar-refractivity contribution in [1.29, 1.82) is 0 Å². The van der Waals surface area contributed by atoms with Crippen LogP contribution < -0.4 is 4.72 Å². The maximum atomic E-state index is 11.6. The molecule has 0 bridgehead atoms. The number of nitrogens with zero attached hydrogens (tertiary/aromatic N) is 1. The second-order valence-corrected chi connectivity index (χ2v) is 5.33. The molecule has 1 unspecified atom stereocenters. The van der Waals surface area contributed by atoms with Crippen molar-refractivity contribution >= 4 is 16.0 Å². The third-order valence-corrected chi connectivity index (χ3v) is 3.62. The fraction of sp³-hybridized carbons (Fsp3) is 0.556. The van der Waals surface area contributed by atoms with Crippen LogP contribution in [0.2, 0.25) is 0 Å². The van der Waals surface area contributed by atoms with Crippen LogP contribution in [0.15, 0.2) is 17.6 Å². The first-order chi connectivity index (χ1) is 7.97. The number of nitrogens with one attached hydrogen (secondary N) is 2. The van der Waals surface area contributed by atoms with E-state index in [1.54, 1.807) is 0 Å². The zero-order valence-electron chi connectivity index (χ0n) is 9.38. The first-order valence-corrected chi connectivity index (χ1v) is 6.66. The number of hydrogen-bond acceptors (Lipinski definition) is 4. The van der Waals surface area contributed by atoms with E-state index in [4.69, 9.17) is 5.11 Å². The average molecular weight is 261 g/mol. The van der Waals surface area contributed by atoms with Gasteiger partial charge in [0.25, 0.3) is 10.0 Å². The molecule has 0 aromatic carbocycles. The average Bonchev–Trinajstić information content (AvgIpc) is 2.77. The van der Waals surface area contributed by atoms with Crippen LogP contribution in [0.5, 0.6) is 0 Å². The summed E-state index contributed by atoms with van der Waals surface area (Å²) in [6.45, 7) is 1.73. The number of rotatable bonds is 7. The van der Waals surface area contributed by atoms with E-state index >= 15 is 0 Å². The Kier molecular flexibility index (Phi) is 4.64. The number of H-pyrrole nitrogens is 1. The summed E-state index contributed by atoms with van der Waals surface area (Å²) >= 11 is 0. The molecule has 0 amide bonds. The van der Waals surface area contributed by atoms with E-state index in [2.05, 4.69) is 14.7 Å². The lowest BCUT2D eigenvalue weighted by molar-refractivity contribution is -0.141. The fourth-order valence-corrected chi connectivity index (χ4v) is 2.32. The molecule has 1 atom stereocenters. The number of carbonyl (C=O) groups is 1. The van der Waals surface area contributed by atoms with Gasteiger partial charge in [0.2, 0.25) is 0 Å². The van der Waals surface area contributed by atoms with Gasteiger partial charge in [0.1, 0.15) is 0 Å². The lowest BCUT2D eigenvalue weighted by Crippen LogP contribution is -2.33. The van der Waals surface area contributed by atoms with Crippen LogP contribution >= 0.6 is 0 Å². The standard InChI is InChI=1S/C9H15N3O4S/c1-2-3-7(9(13)14)4-12-17(15,16)8-5-10-6-11-8/h5-7,12H,2-4H2,1H3,(H,10,11)(H,13,14). The first-order valence-electron chi connectivity index (χ1n) is 5.18. The van der Waals surface area contributed by atoms with Gasteiger partial charge in [0.15, 0.2) is 5.03 Å². The van der Waals surface area contributed by atoms with E-state index in [0.29, 0.717) is 12.8 Å². The number of aliphatic carboxylic acids is 1. The number of sulfonamides is 1. The van der Waals surface area contributed by atoms with Crippen molar-refractivity contribution in [3.05, 3.63) is 12.5 Å². The van der Waals surface area contributed by atoms with Gasteiger partial charge in [-0.05, 0) is 6.42 Å². The highest BCUT2D eigenvalue weighted by molar-refractivity contribution is 7.89. The summed E-state index contributed by atoms with van der Waals surface area (Å²) in [5.41, 5.74) is 0. The molecule has 0 spiro atoms. The Hall–Kier alpha value is -1.41. The van der Waals surface area contributed by atoms with Crippen molar-refractivity contribution < 1.29 is 18.3 Å². The van der Waals surface area contributed by atoms with Crippen LogP contribution in [0.25, 0.3) is 0 Å². The third kappa shape index (κ3) is 3.82. The van der Waals surface area contributed by atoms with Crippen molar-refractivity contribution in [1.82, 2.24) is 14.7 Å². The smallest absolute Gasteiger partial charge is 0.307 e. The van der Waals surface area contributed by atoms with Crippen LogP contribution in [0, 0.1) is 5.92 Å². The highest BCUT2D eigenvalue weighted by Crippen LogP contribution is 2.08. The number of carboxylic acid groups (broad SMARTS) is 1. The highest BCUT2D eigenvalue weighted by Gasteiger charge is 2.21. The van der Waals surface area contributed by atoms with E-state index in [-0.39, 0.29) is 11.6 Å². The molecular weight excluding hydrogens is 246 g/mol. The summed E-state index contributed by atoms with van der Waals surface area (Å²) < 4.78 is 25.5. The summed E-state index contributed by atoms with van der Waals surface area (Å²) in [6.07, 6.45) is 3.52. The Morgan fingerprint density at radius 3 is 2.82 bits per heavy atom. The molecule has 0 aliphatic carbocycles. The zero-order chi connectivity index (χ0) is 12.9. The van der Waals surface area contributed by atoms with Crippen molar-refractivity contribution in [2.45, 2.75) is 24.8 Å². The molecule has 0 saturated heterocycles. The highest BCUT2D eigenvalue weighted by atomic mass is 32.2. The molecule has 1 aromatic rings. The molecule has 0 aliphatic heterocycles. The monoisotopic (exact) mass is 261 g/mol. The second kappa shape index (κ2) is 5.78. The predicted molar refractivity (Wildman–Crippen MR) is 59.8 cm³/mol. The lowest BCUT2D eigenvalue weighted by atomic mass is 10.1. The van der Waals surface area contributed by atoms with Gasteiger partial charge in [0, 0.05) is 6.54 Å². The van der Waals surface area contributed by atoms with Crippen LogP contribution in [0.3, 0.4) is 0 Å². The molecular formula is C9H15N3O4S. The summed E-state index contributed by atoms with van der Waals surface area (Å²) in [5.74, 6) is -1.71. The van der Waals surface area contributed by atoms with Crippen LogP contribution in [-0.2, 0) is 14.8 Å². The largest absolute Gasteiger partial charge is 0.481 e. The van der Waals surface area contributed by atoms with Gasteiger partial charge in [-0.15, -0.1) is 0 Å². The van der Waals surface area contributed by atoms with Gasteiger partial charge >= 0.3 is 5.97 Å². The molecule has 96 valence electrons. The summed E-state index contributed by atoms with van der Waals surface area (Å²) in [7, 11) is -3.70. The number of aromatic nitrogens is 2. The Morgan fingerprint density at radius 2 is 2.35 bits per heavy atom. The number of hydrogen-bond donors (Lipinski definition) is 3. The molecule has 3 N–H and O–H groups in total. The summed E-state index contributed by atoms with van der Waals surface area (Å²) in [4.78, 5) is 16.9. The van der Waals surface area contributed by atoms with Gasteiger partial charge in [0.05, 0.1) is 18.4 Å². The Bertz CT molecular complexity index is 455. The number of imidazole rings is 1. The van der Waals surface area contributed by atoms with E-state index in [9.17, 15) is 13.2 Å². The first kappa shape index (κ1) is 13.7. The summed E-state index contributed by atoms with van der Waals surface area (Å²) in [6, 6.07) is 0. The molecule has 0 fully saturated rings. The Labute approximate surface area is 99.3 Å². The van der Waals surface area contributed by atoms with Gasteiger partial charge < -0.3 is 10.1 Å². The minimum Gasteiger partial charge on any atom is -0.481 e. The molecule has 7 nitrogen and oxygen atoms in total. The number of carboxylic acids is 1. The Morgan fingerprint density at radius 1 is 1.65 bits per heavy atom. The van der Waals surface area contributed by atoms with Crippen molar-refractivity contribution in [3.63, 3.8) is 0 Å². The normalized spacial score (nSPS) is 13.5. The van der Waals surface area contributed by atoms with Gasteiger partial charge in [-0.3, -0.25) is 4.79 Å². The molecule has 1 rings (SSSR count). The second-order valence-electron chi connectivity index (χ2n) is 3.59. The molecule has 8 heteroatoms. The van der Waals surface area contributed by atoms with Crippen molar-refractivity contribution in [3.8, 4) is 0 Å². The molecule has 17 heavy (non-hydrogen) atoms.